The van der Waals surface area contributed by atoms with Gasteiger partial charge in [0.25, 0.3) is 5.91 Å². The number of likely N-dealkylation sites (tertiary alicyclic amines) is 1. The summed E-state index contributed by atoms with van der Waals surface area (Å²) in [6.45, 7) is -0.177. The molecule has 1 fully saturated rings. The van der Waals surface area contributed by atoms with Crippen molar-refractivity contribution in [2.45, 2.75) is 18.0 Å². The molecule has 0 unspecified atom stereocenters. The second kappa shape index (κ2) is 5.96. The van der Waals surface area contributed by atoms with Crippen molar-refractivity contribution in [2.24, 2.45) is 0 Å². The quantitative estimate of drug-likeness (QED) is 0.932. The summed E-state index contributed by atoms with van der Waals surface area (Å²) in [5.74, 6) is -0.442. The number of aliphatic hydroxyl groups is 1. The van der Waals surface area contributed by atoms with Crippen LogP contribution in [-0.4, -0.2) is 39.6 Å². The van der Waals surface area contributed by atoms with E-state index in [9.17, 15) is 15.2 Å². The maximum atomic E-state index is 12.6. The molecule has 3 atom stereocenters. The Labute approximate surface area is 128 Å². The molecule has 0 aliphatic carbocycles. The number of aromatic nitrogens is 1. The molecule has 110 valence electrons. The molecule has 0 radical (unpaired) electrons. The first-order valence-electron chi connectivity index (χ1n) is 7.06. The molecule has 0 spiro atoms. The fraction of sp³-hybridized carbons (Fsp3) is 0.235. The van der Waals surface area contributed by atoms with E-state index >= 15 is 0 Å². The van der Waals surface area contributed by atoms with Crippen LogP contribution in [0.15, 0.2) is 54.9 Å². The third-order valence-corrected chi connectivity index (χ3v) is 4.06. The monoisotopic (exact) mass is 293 g/mol. The van der Waals surface area contributed by atoms with Crippen LogP contribution in [0.4, 0.5) is 0 Å². The molecule has 5 heteroatoms. The lowest BCUT2D eigenvalue weighted by Crippen LogP contribution is -2.65. The fourth-order valence-corrected chi connectivity index (χ4v) is 3.00. The van der Waals surface area contributed by atoms with E-state index in [-0.39, 0.29) is 24.5 Å². The van der Waals surface area contributed by atoms with Crippen LogP contribution in [0.1, 0.15) is 21.8 Å². The molecule has 1 aliphatic rings. The summed E-state index contributed by atoms with van der Waals surface area (Å²) < 4.78 is 0. The van der Waals surface area contributed by atoms with Crippen molar-refractivity contribution in [1.29, 1.82) is 5.26 Å². The van der Waals surface area contributed by atoms with Crippen molar-refractivity contribution in [3.63, 3.8) is 0 Å². The zero-order valence-corrected chi connectivity index (χ0v) is 11.8. The molecule has 22 heavy (non-hydrogen) atoms. The summed E-state index contributed by atoms with van der Waals surface area (Å²) in [5.41, 5.74) is 1.39. The van der Waals surface area contributed by atoms with Crippen molar-refractivity contribution in [3.05, 3.63) is 66.0 Å². The van der Waals surface area contributed by atoms with Gasteiger partial charge in [0.05, 0.1) is 24.3 Å². The second-order valence-corrected chi connectivity index (χ2v) is 5.21. The first-order valence-corrected chi connectivity index (χ1v) is 7.06. The third kappa shape index (κ3) is 2.24. The van der Waals surface area contributed by atoms with Gasteiger partial charge < -0.3 is 10.0 Å². The van der Waals surface area contributed by atoms with E-state index in [1.54, 1.807) is 18.3 Å². The van der Waals surface area contributed by atoms with E-state index in [0.29, 0.717) is 5.56 Å². The molecule has 0 saturated carbocycles. The van der Waals surface area contributed by atoms with E-state index in [1.165, 1.54) is 11.1 Å². The van der Waals surface area contributed by atoms with Crippen LogP contribution in [-0.2, 0) is 0 Å². The van der Waals surface area contributed by atoms with Crippen LogP contribution < -0.4 is 0 Å². The minimum Gasteiger partial charge on any atom is -0.394 e. The predicted molar refractivity (Wildman–Crippen MR) is 79.9 cm³/mol. The molecule has 1 saturated heterocycles. The summed E-state index contributed by atoms with van der Waals surface area (Å²) in [7, 11) is 0. The van der Waals surface area contributed by atoms with Crippen LogP contribution in [0.3, 0.4) is 0 Å². The van der Waals surface area contributed by atoms with Gasteiger partial charge in [0.1, 0.15) is 6.04 Å². The number of carbonyl (C=O) groups is 1. The van der Waals surface area contributed by atoms with Gasteiger partial charge in [0.2, 0.25) is 0 Å². The summed E-state index contributed by atoms with van der Waals surface area (Å²) in [6, 6.07) is 14.1. The highest BCUT2D eigenvalue weighted by molar-refractivity contribution is 5.95. The lowest BCUT2D eigenvalue weighted by atomic mass is 9.75. The van der Waals surface area contributed by atoms with Crippen molar-refractivity contribution in [3.8, 4) is 6.07 Å². The molecular formula is C17H15N3O2. The lowest BCUT2D eigenvalue weighted by molar-refractivity contribution is -0.00588. The number of hydrogen-bond donors (Lipinski definition) is 1. The van der Waals surface area contributed by atoms with Crippen LogP contribution in [0, 0.1) is 11.3 Å². The smallest absolute Gasteiger partial charge is 0.256 e. The first-order chi connectivity index (χ1) is 10.8. The zero-order valence-electron chi connectivity index (χ0n) is 11.8. The number of nitriles is 1. The van der Waals surface area contributed by atoms with Crippen molar-refractivity contribution in [1.82, 2.24) is 9.88 Å². The highest BCUT2D eigenvalue weighted by Crippen LogP contribution is 2.41. The summed E-state index contributed by atoms with van der Waals surface area (Å²) in [5, 5.41) is 19.1. The molecule has 1 amide bonds. The number of carbonyl (C=O) groups excluding carboxylic acids is 1. The molecule has 5 nitrogen and oxygen atoms in total. The molecule has 1 N–H and O–H groups in total. The van der Waals surface area contributed by atoms with Gasteiger partial charge >= 0.3 is 0 Å². The SMILES string of the molecule is N#C[C@H]1[C@@H](c2ccccc2)[C@@H](CO)N1C(=O)c1cccnc1. The summed E-state index contributed by atoms with van der Waals surface area (Å²) in [6.07, 6.45) is 3.06. The lowest BCUT2D eigenvalue weighted by Gasteiger charge is -2.51. The maximum absolute atomic E-state index is 12.6. The Hall–Kier alpha value is -2.71. The van der Waals surface area contributed by atoms with Crippen LogP contribution in [0.25, 0.3) is 0 Å². The Kier molecular flexibility index (Phi) is 3.86. The van der Waals surface area contributed by atoms with Gasteiger partial charge in [0.15, 0.2) is 0 Å². The Morgan fingerprint density at radius 3 is 2.64 bits per heavy atom. The van der Waals surface area contributed by atoms with E-state index < -0.39 is 6.04 Å². The highest BCUT2D eigenvalue weighted by atomic mass is 16.3. The van der Waals surface area contributed by atoms with Crippen LogP contribution >= 0.6 is 0 Å². The Morgan fingerprint density at radius 1 is 1.27 bits per heavy atom. The average Bonchev–Trinajstić information content (AvgIpc) is 2.56. The number of hydrogen-bond acceptors (Lipinski definition) is 4. The Balaban J connectivity index is 1.90. The minimum absolute atomic E-state index is 0.170. The van der Waals surface area contributed by atoms with Crippen molar-refractivity contribution in [2.75, 3.05) is 6.61 Å². The first kappa shape index (κ1) is 14.2. The number of nitrogens with zero attached hydrogens (tertiary/aromatic N) is 3. The Bertz CT molecular complexity index is 697. The van der Waals surface area contributed by atoms with E-state index in [1.807, 2.05) is 30.3 Å². The number of amides is 1. The normalized spacial score (nSPS) is 23.5. The van der Waals surface area contributed by atoms with Gasteiger partial charge in [-0.05, 0) is 17.7 Å². The van der Waals surface area contributed by atoms with E-state index in [4.69, 9.17) is 0 Å². The largest absolute Gasteiger partial charge is 0.394 e. The molecule has 1 aromatic carbocycles. The fourth-order valence-electron chi connectivity index (χ4n) is 3.00. The maximum Gasteiger partial charge on any atom is 0.256 e. The van der Waals surface area contributed by atoms with E-state index in [0.717, 1.165) is 5.56 Å². The molecule has 1 aliphatic heterocycles. The van der Waals surface area contributed by atoms with Crippen LogP contribution in [0.5, 0.6) is 0 Å². The number of aliphatic hydroxyl groups excluding tert-OH is 1. The minimum atomic E-state index is -0.577. The third-order valence-electron chi connectivity index (χ3n) is 4.06. The van der Waals surface area contributed by atoms with Crippen molar-refractivity contribution < 1.29 is 9.90 Å². The molecule has 2 heterocycles. The van der Waals surface area contributed by atoms with Crippen LogP contribution in [0.2, 0.25) is 0 Å². The standard InChI is InChI=1S/C17H15N3O2/c18-9-14-16(12-5-2-1-3-6-12)15(11-21)20(14)17(22)13-7-4-8-19-10-13/h1-8,10,14-16,21H,11H2/t14-,15+,16+/m0/s1. The van der Waals surface area contributed by atoms with Gasteiger partial charge in [-0.2, -0.15) is 5.26 Å². The summed E-state index contributed by atoms with van der Waals surface area (Å²) in [4.78, 5) is 18.0. The van der Waals surface area contributed by atoms with Gasteiger partial charge in [-0.1, -0.05) is 30.3 Å². The number of benzene rings is 1. The molecule has 3 rings (SSSR count). The molecular weight excluding hydrogens is 278 g/mol. The summed E-state index contributed by atoms with van der Waals surface area (Å²) >= 11 is 0. The van der Waals surface area contributed by atoms with E-state index in [2.05, 4.69) is 11.1 Å². The van der Waals surface area contributed by atoms with Gasteiger partial charge in [-0.25, -0.2) is 0 Å². The van der Waals surface area contributed by atoms with Gasteiger partial charge in [-0.15, -0.1) is 0 Å². The number of pyridine rings is 1. The van der Waals surface area contributed by atoms with Gasteiger partial charge in [-0.3, -0.25) is 9.78 Å². The van der Waals surface area contributed by atoms with Crippen molar-refractivity contribution >= 4 is 5.91 Å². The van der Waals surface area contributed by atoms with Gasteiger partial charge in [0, 0.05) is 18.3 Å². The molecule has 2 aromatic rings. The highest BCUT2D eigenvalue weighted by Gasteiger charge is 2.51. The average molecular weight is 293 g/mol. The molecule has 0 bridgehead atoms. The second-order valence-electron chi connectivity index (χ2n) is 5.21. The topological polar surface area (TPSA) is 77.2 Å². The Morgan fingerprint density at radius 2 is 2.05 bits per heavy atom. The predicted octanol–water partition coefficient (Wildman–Crippen LogP) is 1.57. The zero-order chi connectivity index (χ0) is 15.5. The number of rotatable bonds is 3. The molecule has 1 aromatic heterocycles.